The van der Waals surface area contributed by atoms with E-state index in [4.69, 9.17) is 27.9 Å². The summed E-state index contributed by atoms with van der Waals surface area (Å²) in [5, 5.41) is 42.9. The van der Waals surface area contributed by atoms with Crippen molar-refractivity contribution in [1.29, 1.82) is 0 Å². The maximum atomic E-state index is 10.3. The van der Waals surface area contributed by atoms with Crippen LogP contribution in [0.3, 0.4) is 0 Å². The van der Waals surface area contributed by atoms with Crippen LogP contribution in [0.25, 0.3) is 11.2 Å². The third-order valence-electron chi connectivity index (χ3n) is 4.67. The van der Waals surface area contributed by atoms with Gasteiger partial charge in [0.25, 0.3) is 0 Å². The standard InChI is InChI=1S/C17H17Cl2N5O5/c18-8-1-2-9(26)7(3-8)4-20-14-11-15(23-17(19)22-14)24(6-21-11)16-13(28)12(27)10(5-25)29-16/h1-3,6,10,12-13,16,25-28H,4-5H2,(H,20,22,23)/t10-,12-,13-,16?/m1/s1. The Morgan fingerprint density at radius 2 is 1.97 bits per heavy atom. The molecule has 1 aromatic carbocycles. The van der Waals surface area contributed by atoms with E-state index in [1.54, 1.807) is 12.1 Å². The van der Waals surface area contributed by atoms with Crippen molar-refractivity contribution in [2.24, 2.45) is 0 Å². The molecule has 12 heteroatoms. The number of anilines is 1. The number of halogens is 2. The number of hydrogen-bond acceptors (Lipinski definition) is 9. The molecule has 4 atom stereocenters. The van der Waals surface area contributed by atoms with E-state index in [0.29, 0.717) is 21.9 Å². The van der Waals surface area contributed by atoms with E-state index in [1.165, 1.54) is 17.0 Å². The number of ether oxygens (including phenoxy) is 1. The highest BCUT2D eigenvalue weighted by atomic mass is 35.5. The average Bonchev–Trinajstić information content (AvgIpc) is 3.23. The van der Waals surface area contributed by atoms with Crippen molar-refractivity contribution in [3.63, 3.8) is 0 Å². The van der Waals surface area contributed by atoms with Crippen LogP contribution in [0.1, 0.15) is 11.8 Å². The van der Waals surface area contributed by atoms with Gasteiger partial charge >= 0.3 is 0 Å². The number of aliphatic hydroxyl groups is 3. The maximum absolute atomic E-state index is 10.3. The zero-order valence-corrected chi connectivity index (χ0v) is 16.3. The third kappa shape index (κ3) is 3.70. The van der Waals surface area contributed by atoms with Gasteiger partial charge in [0, 0.05) is 17.1 Å². The number of phenols is 1. The predicted octanol–water partition coefficient (Wildman–Crippen LogP) is 1.06. The van der Waals surface area contributed by atoms with E-state index in [2.05, 4.69) is 20.3 Å². The Labute approximate surface area is 174 Å². The van der Waals surface area contributed by atoms with E-state index in [0.717, 1.165) is 0 Å². The number of nitrogens with zero attached hydrogens (tertiary/aromatic N) is 4. The van der Waals surface area contributed by atoms with Gasteiger partial charge in [0.05, 0.1) is 12.9 Å². The van der Waals surface area contributed by atoms with Crippen LogP contribution in [0.2, 0.25) is 10.3 Å². The average molecular weight is 442 g/mol. The van der Waals surface area contributed by atoms with Gasteiger partial charge in [0.1, 0.15) is 24.1 Å². The first kappa shape index (κ1) is 20.1. The molecule has 1 saturated heterocycles. The van der Waals surface area contributed by atoms with Crippen molar-refractivity contribution in [2.75, 3.05) is 11.9 Å². The molecule has 1 aliphatic rings. The van der Waals surface area contributed by atoms with E-state index in [1.807, 2.05) is 0 Å². The summed E-state index contributed by atoms with van der Waals surface area (Å²) in [6.45, 7) is -0.261. The van der Waals surface area contributed by atoms with Gasteiger partial charge in [0.2, 0.25) is 5.28 Å². The fraction of sp³-hybridized carbons (Fsp3) is 0.353. The number of aromatic hydroxyl groups is 1. The fourth-order valence-electron chi connectivity index (χ4n) is 3.18. The Hall–Kier alpha value is -2.21. The molecular weight excluding hydrogens is 425 g/mol. The first-order chi connectivity index (χ1) is 13.9. The number of nitrogens with one attached hydrogen (secondary N) is 1. The number of aromatic nitrogens is 4. The molecule has 0 amide bonds. The minimum atomic E-state index is -1.29. The summed E-state index contributed by atoms with van der Waals surface area (Å²) in [4.78, 5) is 12.5. The minimum absolute atomic E-state index is 0.0651. The molecule has 4 rings (SSSR count). The summed E-state index contributed by atoms with van der Waals surface area (Å²) in [5.74, 6) is 0.361. The molecule has 1 unspecified atom stereocenters. The maximum Gasteiger partial charge on any atom is 0.226 e. The number of fused-ring (bicyclic) bond motifs is 1. The van der Waals surface area contributed by atoms with E-state index < -0.39 is 31.1 Å². The number of benzene rings is 1. The molecule has 3 heterocycles. The van der Waals surface area contributed by atoms with Crippen LogP contribution >= 0.6 is 23.2 Å². The van der Waals surface area contributed by atoms with Gasteiger partial charge in [-0.1, -0.05) is 11.6 Å². The number of hydrogen-bond donors (Lipinski definition) is 5. The number of aliphatic hydroxyl groups excluding tert-OH is 3. The molecule has 0 saturated carbocycles. The molecule has 1 aliphatic heterocycles. The second-order valence-corrected chi connectivity index (χ2v) is 7.30. The highest BCUT2D eigenvalue weighted by molar-refractivity contribution is 6.30. The fourth-order valence-corrected chi connectivity index (χ4v) is 3.54. The molecule has 0 bridgehead atoms. The second kappa shape index (κ2) is 7.90. The Morgan fingerprint density at radius 3 is 2.69 bits per heavy atom. The lowest BCUT2D eigenvalue weighted by molar-refractivity contribution is -0.0511. The third-order valence-corrected chi connectivity index (χ3v) is 5.08. The van der Waals surface area contributed by atoms with Crippen molar-refractivity contribution in [1.82, 2.24) is 19.5 Å². The number of rotatable bonds is 5. The first-order valence-electron chi connectivity index (χ1n) is 8.63. The molecule has 0 radical (unpaired) electrons. The summed E-state index contributed by atoms with van der Waals surface area (Å²) in [6, 6.07) is 4.67. The first-order valence-corrected chi connectivity index (χ1v) is 9.38. The van der Waals surface area contributed by atoms with E-state index >= 15 is 0 Å². The molecule has 0 spiro atoms. The molecule has 1 fully saturated rings. The lowest BCUT2D eigenvalue weighted by atomic mass is 10.1. The van der Waals surface area contributed by atoms with Gasteiger partial charge < -0.3 is 30.5 Å². The van der Waals surface area contributed by atoms with Crippen LogP contribution in [0.5, 0.6) is 5.75 Å². The Kier molecular flexibility index (Phi) is 5.47. The van der Waals surface area contributed by atoms with Crippen molar-refractivity contribution in [3.05, 3.63) is 40.4 Å². The van der Waals surface area contributed by atoms with Crippen molar-refractivity contribution in [2.45, 2.75) is 31.1 Å². The van der Waals surface area contributed by atoms with Gasteiger partial charge in [-0.05, 0) is 29.8 Å². The lowest BCUT2D eigenvalue weighted by Crippen LogP contribution is -2.33. The zero-order valence-electron chi connectivity index (χ0n) is 14.8. The lowest BCUT2D eigenvalue weighted by Gasteiger charge is -2.16. The SMILES string of the molecule is OC[C@H]1OC(n2cnc3c(NCc4cc(Cl)ccc4O)nc(Cl)nc32)[C@H](O)[C@@H]1O. The Bertz CT molecular complexity index is 1050. The van der Waals surface area contributed by atoms with Crippen molar-refractivity contribution in [3.8, 4) is 5.75 Å². The summed E-state index contributed by atoms with van der Waals surface area (Å²) in [5.41, 5.74) is 1.15. The molecule has 154 valence electrons. The van der Waals surface area contributed by atoms with Crippen LogP contribution in [-0.2, 0) is 11.3 Å². The van der Waals surface area contributed by atoms with Gasteiger partial charge in [-0.25, -0.2) is 4.98 Å². The van der Waals surface area contributed by atoms with E-state index in [9.17, 15) is 20.4 Å². The summed E-state index contributed by atoms with van der Waals surface area (Å²) >= 11 is 12.0. The van der Waals surface area contributed by atoms with Crippen LogP contribution in [0, 0.1) is 0 Å². The van der Waals surface area contributed by atoms with Gasteiger partial charge in [-0.3, -0.25) is 4.57 Å². The highest BCUT2D eigenvalue weighted by Gasteiger charge is 2.44. The molecule has 29 heavy (non-hydrogen) atoms. The van der Waals surface area contributed by atoms with Crippen molar-refractivity contribution < 1.29 is 25.2 Å². The largest absolute Gasteiger partial charge is 0.508 e. The quantitative estimate of drug-likeness (QED) is 0.366. The molecule has 3 aromatic rings. The van der Waals surface area contributed by atoms with Gasteiger partial charge in [-0.2, -0.15) is 9.97 Å². The second-order valence-electron chi connectivity index (χ2n) is 6.52. The number of phenolic OH excluding ortho intramolecular Hbond substituents is 1. The highest BCUT2D eigenvalue weighted by Crippen LogP contribution is 2.33. The Morgan fingerprint density at radius 1 is 1.17 bits per heavy atom. The van der Waals surface area contributed by atoms with Gasteiger partial charge in [-0.15, -0.1) is 0 Å². The van der Waals surface area contributed by atoms with Crippen LogP contribution in [0.4, 0.5) is 5.82 Å². The van der Waals surface area contributed by atoms with Crippen LogP contribution in [0.15, 0.2) is 24.5 Å². The normalized spacial score (nSPS) is 24.3. The predicted molar refractivity (Wildman–Crippen MR) is 104 cm³/mol. The van der Waals surface area contributed by atoms with Crippen LogP contribution < -0.4 is 5.32 Å². The molecule has 5 N–H and O–H groups in total. The number of imidazole rings is 1. The summed E-state index contributed by atoms with van der Waals surface area (Å²) in [7, 11) is 0. The molecule has 2 aromatic heterocycles. The van der Waals surface area contributed by atoms with Crippen LogP contribution in [-0.4, -0.2) is 64.9 Å². The zero-order chi connectivity index (χ0) is 20.7. The molecule has 10 nitrogen and oxygen atoms in total. The topological polar surface area (TPSA) is 146 Å². The minimum Gasteiger partial charge on any atom is -0.508 e. The molecular formula is C17H17Cl2N5O5. The molecule has 0 aliphatic carbocycles. The van der Waals surface area contributed by atoms with E-state index in [-0.39, 0.29) is 23.2 Å². The van der Waals surface area contributed by atoms with Gasteiger partial charge in [0.15, 0.2) is 23.2 Å². The monoisotopic (exact) mass is 441 g/mol. The summed E-state index contributed by atoms with van der Waals surface area (Å²) < 4.78 is 6.94. The smallest absolute Gasteiger partial charge is 0.226 e. The Balaban J connectivity index is 1.66. The van der Waals surface area contributed by atoms with Crippen molar-refractivity contribution >= 4 is 40.2 Å². The summed E-state index contributed by atoms with van der Waals surface area (Å²) in [6.07, 6.45) is -3.13.